The van der Waals surface area contributed by atoms with Crippen LogP contribution < -0.4 is 39.3 Å². The first-order valence-electron chi connectivity index (χ1n) is 8.44. The zero-order valence-electron chi connectivity index (χ0n) is 16.2. The fraction of sp³-hybridized carbons (Fsp3) is 0.368. The van der Waals surface area contributed by atoms with Crippen LogP contribution in [0.2, 0.25) is 0 Å². The van der Waals surface area contributed by atoms with E-state index in [0.717, 1.165) is 40.0 Å². The van der Waals surface area contributed by atoms with Crippen LogP contribution in [0.1, 0.15) is 23.2 Å². The molecule has 1 unspecified atom stereocenters. The molecule has 3 rings (SSSR count). The molecule has 2 heterocycles. The third-order valence-corrected chi connectivity index (χ3v) is 5.17. The Kier molecular flexibility index (Phi) is 8.44. The van der Waals surface area contributed by atoms with E-state index in [4.69, 9.17) is 9.47 Å². The fourth-order valence-corrected chi connectivity index (χ4v) is 3.65. The number of nitrogens with zero attached hydrogens (tertiary/aromatic N) is 3. The maximum absolute atomic E-state index is 12.7. The van der Waals surface area contributed by atoms with Gasteiger partial charge in [0.2, 0.25) is 0 Å². The van der Waals surface area contributed by atoms with Crippen molar-refractivity contribution in [1.82, 2.24) is 15.0 Å². The number of hydrogen-bond acceptors (Lipinski definition) is 5. The van der Waals surface area contributed by atoms with E-state index in [9.17, 15) is 4.21 Å². The van der Waals surface area contributed by atoms with Crippen molar-refractivity contribution in [3.8, 4) is 5.75 Å². The van der Waals surface area contributed by atoms with Gasteiger partial charge in [-0.15, -0.1) is 0 Å². The molecule has 0 amide bonds. The molecule has 3 aromatic rings. The molecule has 0 bridgehead atoms. The van der Waals surface area contributed by atoms with E-state index in [1.807, 2.05) is 38.1 Å². The van der Waals surface area contributed by atoms with Crippen LogP contribution in [0.4, 0.5) is 0 Å². The SMILES string of the molecule is COCCCOc1ccnc(CS(=O)c2nc3cc(C)ccc3[n-]2)c1C.[Na+]. The van der Waals surface area contributed by atoms with Crippen LogP contribution in [0.3, 0.4) is 0 Å². The molecular weight excluding hydrogens is 373 g/mol. The van der Waals surface area contributed by atoms with Gasteiger partial charge in [0, 0.05) is 37.1 Å². The standard InChI is InChI=1S/C19H22N3O3S.Na/c1-13-5-6-15-16(11-13)22-19(21-15)26(23)12-17-14(2)18(7-8-20-17)25-10-4-9-24-3;/h5-8,11H,4,9-10,12H2,1-3H3;/q-1;+1. The number of imidazole rings is 1. The second-order valence-corrected chi connectivity index (χ2v) is 7.41. The van der Waals surface area contributed by atoms with Gasteiger partial charge in [-0.1, -0.05) is 23.8 Å². The predicted molar refractivity (Wildman–Crippen MR) is 101 cm³/mol. The van der Waals surface area contributed by atoms with Crippen LogP contribution in [0.25, 0.3) is 11.0 Å². The van der Waals surface area contributed by atoms with Gasteiger partial charge in [0.05, 0.1) is 28.9 Å². The molecule has 0 aliphatic heterocycles. The summed E-state index contributed by atoms with van der Waals surface area (Å²) in [7, 11) is 0.307. The number of ether oxygens (including phenoxy) is 2. The third kappa shape index (κ3) is 5.62. The average Bonchev–Trinajstić information content (AvgIpc) is 3.05. The number of rotatable bonds is 8. The summed E-state index contributed by atoms with van der Waals surface area (Å²) < 4.78 is 23.5. The number of aromatic nitrogens is 3. The van der Waals surface area contributed by atoms with Crippen molar-refractivity contribution in [2.75, 3.05) is 20.3 Å². The minimum Gasteiger partial charge on any atom is -0.493 e. The number of methoxy groups -OCH3 is 1. The maximum Gasteiger partial charge on any atom is 1.00 e. The average molecular weight is 395 g/mol. The molecule has 1 atom stereocenters. The Bertz CT molecular complexity index is 930. The van der Waals surface area contributed by atoms with Crippen LogP contribution in [0.5, 0.6) is 5.75 Å². The van der Waals surface area contributed by atoms with Crippen molar-refractivity contribution in [2.24, 2.45) is 0 Å². The molecule has 27 heavy (non-hydrogen) atoms. The molecule has 1 aromatic carbocycles. The Hall–Kier alpha value is -1.25. The van der Waals surface area contributed by atoms with Crippen molar-refractivity contribution in [3.63, 3.8) is 0 Å². The van der Waals surface area contributed by atoms with E-state index in [1.165, 1.54) is 0 Å². The van der Waals surface area contributed by atoms with E-state index in [0.29, 0.717) is 18.4 Å². The second kappa shape index (κ2) is 10.3. The molecule has 0 radical (unpaired) electrons. The largest absolute Gasteiger partial charge is 1.00 e. The molecule has 2 aromatic heterocycles. The molecule has 0 fully saturated rings. The van der Waals surface area contributed by atoms with E-state index in [-0.39, 0.29) is 35.3 Å². The number of fused-ring (bicyclic) bond motifs is 1. The minimum atomic E-state index is -1.36. The summed E-state index contributed by atoms with van der Waals surface area (Å²) in [4.78, 5) is 13.2. The van der Waals surface area contributed by atoms with Crippen molar-refractivity contribution in [3.05, 3.63) is 47.3 Å². The van der Waals surface area contributed by atoms with E-state index in [1.54, 1.807) is 13.3 Å². The Morgan fingerprint density at radius 3 is 2.78 bits per heavy atom. The third-order valence-electron chi connectivity index (χ3n) is 4.04. The predicted octanol–water partition coefficient (Wildman–Crippen LogP) is -0.0691. The van der Waals surface area contributed by atoms with Crippen LogP contribution in [-0.4, -0.2) is 34.5 Å². The van der Waals surface area contributed by atoms with Crippen LogP contribution >= 0.6 is 0 Å². The van der Waals surface area contributed by atoms with Gasteiger partial charge in [0.1, 0.15) is 5.75 Å². The quantitative estimate of drug-likeness (QED) is 0.393. The summed E-state index contributed by atoms with van der Waals surface area (Å²) in [5.74, 6) is 1.02. The van der Waals surface area contributed by atoms with Gasteiger partial charge in [0.15, 0.2) is 0 Å². The molecule has 0 N–H and O–H groups in total. The summed E-state index contributed by atoms with van der Waals surface area (Å²) in [5, 5.41) is 0.346. The zero-order chi connectivity index (χ0) is 18.5. The Morgan fingerprint density at radius 2 is 2.00 bits per heavy atom. The smallest absolute Gasteiger partial charge is 0.493 e. The molecule has 0 aliphatic rings. The summed E-state index contributed by atoms with van der Waals surface area (Å²) in [6.45, 7) is 5.15. The molecular formula is C19H22N3NaO3S. The monoisotopic (exact) mass is 395 g/mol. The first-order chi connectivity index (χ1) is 12.6. The van der Waals surface area contributed by atoms with Gasteiger partial charge < -0.3 is 19.4 Å². The van der Waals surface area contributed by atoms with Gasteiger partial charge >= 0.3 is 29.6 Å². The molecule has 0 spiro atoms. The number of aryl methyl sites for hydroxylation is 1. The van der Waals surface area contributed by atoms with Crippen LogP contribution in [0, 0.1) is 13.8 Å². The van der Waals surface area contributed by atoms with Crippen LogP contribution in [-0.2, 0) is 21.3 Å². The summed E-state index contributed by atoms with van der Waals surface area (Å²) in [5.41, 5.74) is 4.26. The molecule has 0 saturated heterocycles. The second-order valence-electron chi connectivity index (χ2n) is 6.06. The molecule has 138 valence electrons. The molecule has 0 aliphatic carbocycles. The van der Waals surface area contributed by atoms with Gasteiger partial charge in [-0.05, 0) is 30.9 Å². The Balaban J connectivity index is 0.00000261. The van der Waals surface area contributed by atoms with E-state index in [2.05, 4.69) is 15.0 Å². The van der Waals surface area contributed by atoms with Crippen molar-refractivity contribution >= 4 is 21.8 Å². The Morgan fingerprint density at radius 1 is 1.19 bits per heavy atom. The summed E-state index contributed by atoms with van der Waals surface area (Å²) >= 11 is 0. The minimum absolute atomic E-state index is 0. The summed E-state index contributed by atoms with van der Waals surface area (Å²) in [6, 6.07) is 7.64. The van der Waals surface area contributed by atoms with Crippen LogP contribution in [0.15, 0.2) is 35.6 Å². The fourth-order valence-electron chi connectivity index (χ4n) is 2.59. The van der Waals surface area contributed by atoms with Crippen molar-refractivity contribution < 1.29 is 43.2 Å². The van der Waals surface area contributed by atoms with Crippen molar-refractivity contribution in [1.29, 1.82) is 0 Å². The van der Waals surface area contributed by atoms with E-state index >= 15 is 0 Å². The van der Waals surface area contributed by atoms with Gasteiger partial charge in [-0.25, -0.2) is 0 Å². The molecule has 6 nitrogen and oxygen atoms in total. The number of pyridine rings is 1. The zero-order valence-corrected chi connectivity index (χ0v) is 19.0. The first kappa shape index (κ1) is 22.0. The molecule has 8 heteroatoms. The van der Waals surface area contributed by atoms with Gasteiger partial charge in [-0.2, -0.15) is 0 Å². The summed E-state index contributed by atoms with van der Waals surface area (Å²) in [6.07, 6.45) is 2.49. The first-order valence-corrected chi connectivity index (χ1v) is 9.76. The van der Waals surface area contributed by atoms with E-state index < -0.39 is 10.8 Å². The van der Waals surface area contributed by atoms with Gasteiger partial charge in [-0.3, -0.25) is 9.19 Å². The Labute approximate surface area is 183 Å². The molecule has 0 saturated carbocycles. The number of benzene rings is 1. The van der Waals surface area contributed by atoms with Gasteiger partial charge in [0.25, 0.3) is 0 Å². The normalized spacial score (nSPS) is 12.0. The van der Waals surface area contributed by atoms with Crippen molar-refractivity contribution in [2.45, 2.75) is 31.2 Å². The maximum atomic E-state index is 12.7. The topological polar surface area (TPSA) is 75.4 Å². The number of hydrogen-bond donors (Lipinski definition) is 0.